The number of likely N-dealkylation sites (N-methyl/N-ethyl adjacent to an activating group) is 1. The summed E-state index contributed by atoms with van der Waals surface area (Å²) in [5.74, 6) is -0.688. The molecule has 1 heterocycles. The fourth-order valence-corrected chi connectivity index (χ4v) is 2.28. The van der Waals surface area contributed by atoms with E-state index in [-0.39, 0.29) is 6.42 Å². The van der Waals surface area contributed by atoms with Crippen LogP contribution in [0.25, 0.3) is 0 Å². The van der Waals surface area contributed by atoms with Crippen molar-refractivity contribution in [1.82, 2.24) is 14.7 Å². The summed E-state index contributed by atoms with van der Waals surface area (Å²) in [5, 5.41) is 8.69. The summed E-state index contributed by atoms with van der Waals surface area (Å²) in [4.78, 5) is 17.7. The molecule has 1 rings (SSSR count). The van der Waals surface area contributed by atoms with E-state index < -0.39 is 5.97 Å². The molecule has 106 valence electrons. The lowest BCUT2D eigenvalue weighted by atomic mass is 10.1. The van der Waals surface area contributed by atoms with E-state index >= 15 is 0 Å². The molecule has 5 heteroatoms. The minimum atomic E-state index is -0.688. The molecule has 1 N–H and O–H groups in total. The Morgan fingerprint density at radius 3 is 2.39 bits per heavy atom. The summed E-state index contributed by atoms with van der Waals surface area (Å²) in [6, 6.07) is 0.386. The van der Waals surface area contributed by atoms with Gasteiger partial charge in [-0.2, -0.15) is 0 Å². The summed E-state index contributed by atoms with van der Waals surface area (Å²) in [7, 11) is 4.20. The molecule has 5 nitrogen and oxygen atoms in total. The molecule has 18 heavy (non-hydrogen) atoms. The molecule has 0 spiro atoms. The topological polar surface area (TPSA) is 47.0 Å². The van der Waals surface area contributed by atoms with E-state index in [2.05, 4.69) is 35.7 Å². The first kappa shape index (κ1) is 15.4. The second kappa shape index (κ2) is 7.71. The monoisotopic (exact) mass is 257 g/mol. The predicted molar refractivity (Wildman–Crippen MR) is 72.9 cm³/mol. The molecule has 1 saturated heterocycles. The summed E-state index contributed by atoms with van der Waals surface area (Å²) in [6.07, 6.45) is 1.04. The quantitative estimate of drug-likeness (QED) is 0.716. The van der Waals surface area contributed by atoms with Crippen molar-refractivity contribution in [3.05, 3.63) is 0 Å². The van der Waals surface area contributed by atoms with Gasteiger partial charge in [0.2, 0.25) is 0 Å². The van der Waals surface area contributed by atoms with E-state index in [1.54, 1.807) is 0 Å². The summed E-state index contributed by atoms with van der Waals surface area (Å²) >= 11 is 0. The second-order valence-electron chi connectivity index (χ2n) is 5.46. The van der Waals surface area contributed by atoms with E-state index in [0.717, 1.165) is 45.7 Å². The van der Waals surface area contributed by atoms with E-state index in [1.807, 2.05) is 0 Å². The van der Waals surface area contributed by atoms with Gasteiger partial charge in [0.1, 0.15) is 0 Å². The van der Waals surface area contributed by atoms with Crippen molar-refractivity contribution in [1.29, 1.82) is 0 Å². The van der Waals surface area contributed by atoms with Gasteiger partial charge in [-0.15, -0.1) is 0 Å². The Balaban J connectivity index is 2.19. The first-order chi connectivity index (χ1) is 8.49. The highest BCUT2D eigenvalue weighted by molar-refractivity contribution is 5.66. The highest BCUT2D eigenvalue weighted by atomic mass is 16.4. The Morgan fingerprint density at radius 1 is 1.28 bits per heavy atom. The van der Waals surface area contributed by atoms with Gasteiger partial charge < -0.3 is 10.0 Å². The van der Waals surface area contributed by atoms with Crippen LogP contribution in [0.3, 0.4) is 0 Å². The van der Waals surface area contributed by atoms with Gasteiger partial charge in [0.15, 0.2) is 0 Å². The Bertz CT molecular complexity index is 251. The van der Waals surface area contributed by atoms with E-state index in [9.17, 15) is 4.79 Å². The molecule has 0 aromatic heterocycles. The maximum Gasteiger partial charge on any atom is 0.303 e. The highest BCUT2D eigenvalue weighted by Gasteiger charge is 2.21. The molecular formula is C13H27N3O2. The van der Waals surface area contributed by atoms with Crippen LogP contribution in [0.5, 0.6) is 0 Å². The maximum absolute atomic E-state index is 10.6. The molecule has 1 aliphatic rings. The first-order valence-electron chi connectivity index (χ1n) is 6.82. The van der Waals surface area contributed by atoms with Crippen LogP contribution in [0.2, 0.25) is 0 Å². The molecule has 0 bridgehead atoms. The van der Waals surface area contributed by atoms with Gasteiger partial charge >= 0.3 is 5.97 Å². The smallest absolute Gasteiger partial charge is 0.303 e. The van der Waals surface area contributed by atoms with Crippen LogP contribution in [0.1, 0.15) is 19.8 Å². The number of rotatable bonds is 7. The number of aliphatic carboxylic acids is 1. The van der Waals surface area contributed by atoms with Crippen LogP contribution in [-0.2, 0) is 4.79 Å². The largest absolute Gasteiger partial charge is 0.481 e. The number of nitrogens with zero attached hydrogens (tertiary/aromatic N) is 3. The zero-order valence-electron chi connectivity index (χ0n) is 11.9. The average Bonchev–Trinajstić information content (AvgIpc) is 2.34. The Labute approximate surface area is 110 Å². The zero-order chi connectivity index (χ0) is 13.5. The van der Waals surface area contributed by atoms with Crippen LogP contribution < -0.4 is 0 Å². The molecular weight excluding hydrogens is 230 g/mol. The van der Waals surface area contributed by atoms with Crippen molar-refractivity contribution in [2.24, 2.45) is 0 Å². The van der Waals surface area contributed by atoms with Crippen LogP contribution in [-0.4, -0.2) is 85.2 Å². The van der Waals surface area contributed by atoms with Crippen LogP contribution >= 0.6 is 0 Å². The molecule has 0 radical (unpaired) electrons. The third kappa shape index (κ3) is 5.80. The summed E-state index contributed by atoms with van der Waals surface area (Å²) in [6.45, 7) is 8.70. The van der Waals surface area contributed by atoms with Gasteiger partial charge in [0.25, 0.3) is 0 Å². The van der Waals surface area contributed by atoms with Crippen molar-refractivity contribution in [3.63, 3.8) is 0 Å². The minimum Gasteiger partial charge on any atom is -0.481 e. The van der Waals surface area contributed by atoms with Crippen molar-refractivity contribution in [3.8, 4) is 0 Å². The molecule has 1 aliphatic heterocycles. The van der Waals surface area contributed by atoms with Crippen molar-refractivity contribution >= 4 is 5.97 Å². The van der Waals surface area contributed by atoms with Crippen molar-refractivity contribution in [2.75, 3.05) is 53.4 Å². The Kier molecular flexibility index (Phi) is 6.60. The second-order valence-corrected chi connectivity index (χ2v) is 5.46. The summed E-state index contributed by atoms with van der Waals surface area (Å²) in [5.41, 5.74) is 0. The Morgan fingerprint density at radius 2 is 1.89 bits per heavy atom. The number of piperazine rings is 1. The fraction of sp³-hybridized carbons (Fsp3) is 0.923. The van der Waals surface area contributed by atoms with Gasteiger partial charge in [0.05, 0.1) is 0 Å². The molecule has 0 aromatic rings. The Hall–Kier alpha value is -0.650. The normalized spacial score (nSPS) is 20.2. The molecule has 0 saturated carbocycles. The number of hydrogen-bond acceptors (Lipinski definition) is 4. The third-order valence-electron chi connectivity index (χ3n) is 3.67. The van der Waals surface area contributed by atoms with E-state index in [4.69, 9.17) is 5.11 Å². The molecule has 0 amide bonds. The number of carboxylic acid groups (broad SMARTS) is 1. The van der Waals surface area contributed by atoms with E-state index in [1.165, 1.54) is 0 Å². The summed E-state index contributed by atoms with van der Waals surface area (Å²) < 4.78 is 0. The third-order valence-corrected chi connectivity index (χ3v) is 3.67. The molecule has 0 aromatic carbocycles. The molecule has 0 aliphatic carbocycles. The first-order valence-corrected chi connectivity index (χ1v) is 6.82. The highest BCUT2D eigenvalue weighted by Crippen LogP contribution is 2.10. The van der Waals surface area contributed by atoms with Gasteiger partial charge in [0, 0.05) is 51.7 Å². The number of carboxylic acids is 1. The predicted octanol–water partition coefficient (Wildman–Crippen LogP) is 0.419. The fourth-order valence-electron chi connectivity index (χ4n) is 2.28. The molecule has 1 unspecified atom stereocenters. The molecule has 1 fully saturated rings. The lowest BCUT2D eigenvalue weighted by Crippen LogP contribution is -2.50. The van der Waals surface area contributed by atoms with Gasteiger partial charge in [-0.05, 0) is 27.4 Å². The van der Waals surface area contributed by atoms with Crippen LogP contribution in [0.15, 0.2) is 0 Å². The van der Waals surface area contributed by atoms with Crippen LogP contribution in [0, 0.1) is 0 Å². The SMILES string of the molecule is CC(CCC(=O)O)N1CCN(CCN(C)C)CC1. The number of hydrogen-bond donors (Lipinski definition) is 1. The average molecular weight is 257 g/mol. The van der Waals surface area contributed by atoms with E-state index in [0.29, 0.717) is 6.04 Å². The van der Waals surface area contributed by atoms with Crippen LogP contribution in [0.4, 0.5) is 0 Å². The maximum atomic E-state index is 10.6. The van der Waals surface area contributed by atoms with Gasteiger partial charge in [-0.3, -0.25) is 14.6 Å². The zero-order valence-corrected chi connectivity index (χ0v) is 11.9. The van der Waals surface area contributed by atoms with Crippen molar-refractivity contribution in [2.45, 2.75) is 25.8 Å². The molecule has 1 atom stereocenters. The van der Waals surface area contributed by atoms with Crippen molar-refractivity contribution < 1.29 is 9.90 Å². The lowest BCUT2D eigenvalue weighted by molar-refractivity contribution is -0.137. The minimum absolute atomic E-state index is 0.280. The van der Waals surface area contributed by atoms with Gasteiger partial charge in [-0.1, -0.05) is 0 Å². The number of carbonyl (C=O) groups is 1. The van der Waals surface area contributed by atoms with Gasteiger partial charge in [-0.25, -0.2) is 0 Å². The lowest BCUT2D eigenvalue weighted by Gasteiger charge is -2.38. The standard InChI is InChI=1S/C13H27N3O2/c1-12(4-5-13(17)18)16-10-8-15(9-11-16)7-6-14(2)3/h12H,4-11H2,1-3H3,(H,17,18).